The first kappa shape index (κ1) is 20.6. The third-order valence-corrected chi connectivity index (χ3v) is 5.33. The van der Waals surface area contributed by atoms with Crippen molar-refractivity contribution >= 4 is 17.3 Å². The Hall–Kier alpha value is -3.64. The molecule has 4 rings (SSSR count). The third kappa shape index (κ3) is 4.75. The SMILES string of the molecule is COc1ccc(C(O)CNC(=O)C2=NN(c3ccccc3)C(c3ccccc3)C2)cc1. The Morgan fingerprint density at radius 2 is 1.71 bits per heavy atom. The van der Waals surface area contributed by atoms with Gasteiger partial charge in [0.15, 0.2) is 0 Å². The van der Waals surface area contributed by atoms with E-state index in [0.29, 0.717) is 23.4 Å². The number of nitrogens with zero attached hydrogens (tertiary/aromatic N) is 2. The van der Waals surface area contributed by atoms with Crippen molar-refractivity contribution in [2.75, 3.05) is 18.7 Å². The maximum Gasteiger partial charge on any atom is 0.267 e. The van der Waals surface area contributed by atoms with Crippen molar-refractivity contribution in [2.24, 2.45) is 5.10 Å². The fourth-order valence-electron chi connectivity index (χ4n) is 3.64. The molecular weight excluding hydrogens is 390 g/mol. The first-order valence-electron chi connectivity index (χ1n) is 10.2. The van der Waals surface area contributed by atoms with Crippen LogP contribution in [0.25, 0.3) is 0 Å². The number of aliphatic hydroxyl groups is 1. The van der Waals surface area contributed by atoms with Crippen LogP contribution in [0.2, 0.25) is 0 Å². The third-order valence-electron chi connectivity index (χ3n) is 5.33. The lowest BCUT2D eigenvalue weighted by Crippen LogP contribution is -2.33. The number of hydrogen-bond acceptors (Lipinski definition) is 5. The van der Waals surface area contributed by atoms with Gasteiger partial charge < -0.3 is 15.2 Å². The number of nitrogens with one attached hydrogen (secondary N) is 1. The van der Waals surface area contributed by atoms with Gasteiger partial charge in [-0.05, 0) is 35.4 Å². The van der Waals surface area contributed by atoms with Gasteiger partial charge in [0, 0.05) is 13.0 Å². The van der Waals surface area contributed by atoms with E-state index in [1.54, 1.807) is 31.4 Å². The number of benzene rings is 3. The Morgan fingerprint density at radius 1 is 1.06 bits per heavy atom. The number of methoxy groups -OCH3 is 1. The molecule has 1 heterocycles. The molecule has 6 heteroatoms. The molecule has 6 nitrogen and oxygen atoms in total. The molecule has 1 amide bonds. The summed E-state index contributed by atoms with van der Waals surface area (Å²) in [6.07, 6.45) is -0.324. The molecule has 1 aliphatic rings. The highest BCUT2D eigenvalue weighted by molar-refractivity contribution is 6.39. The van der Waals surface area contributed by atoms with Gasteiger partial charge in [-0.2, -0.15) is 5.10 Å². The summed E-state index contributed by atoms with van der Waals surface area (Å²) in [4.78, 5) is 12.8. The first-order chi connectivity index (χ1) is 15.2. The highest BCUT2D eigenvalue weighted by atomic mass is 16.5. The number of hydrazone groups is 1. The Kier molecular flexibility index (Phi) is 6.29. The van der Waals surface area contributed by atoms with Crippen molar-refractivity contribution in [3.05, 3.63) is 96.1 Å². The number of carbonyl (C=O) groups excluding carboxylic acids is 1. The zero-order valence-corrected chi connectivity index (χ0v) is 17.3. The zero-order chi connectivity index (χ0) is 21.6. The van der Waals surface area contributed by atoms with Crippen LogP contribution in [0.15, 0.2) is 90.0 Å². The van der Waals surface area contributed by atoms with Crippen LogP contribution in [0.3, 0.4) is 0 Å². The van der Waals surface area contributed by atoms with Crippen molar-refractivity contribution in [2.45, 2.75) is 18.6 Å². The summed E-state index contributed by atoms with van der Waals surface area (Å²) < 4.78 is 5.14. The molecular formula is C25H25N3O3. The minimum atomic E-state index is -0.813. The molecule has 0 radical (unpaired) electrons. The van der Waals surface area contributed by atoms with E-state index >= 15 is 0 Å². The number of hydrogen-bond donors (Lipinski definition) is 2. The fraction of sp³-hybridized carbons (Fsp3) is 0.200. The normalized spacial score (nSPS) is 16.5. The van der Waals surface area contributed by atoms with Crippen LogP contribution in [0.4, 0.5) is 5.69 Å². The standard InChI is InChI=1S/C25H25N3O3/c1-31-21-14-12-19(13-15-21)24(29)17-26-25(30)22-16-23(18-8-4-2-5-9-18)28(27-22)20-10-6-3-7-11-20/h2-15,23-24,29H,16-17H2,1H3,(H,26,30). The summed E-state index contributed by atoms with van der Waals surface area (Å²) in [5, 5.41) is 19.8. The average molecular weight is 415 g/mol. The summed E-state index contributed by atoms with van der Waals surface area (Å²) in [5.74, 6) is 0.445. The highest BCUT2D eigenvalue weighted by Gasteiger charge is 2.32. The molecule has 0 spiro atoms. The van der Waals surface area contributed by atoms with E-state index < -0.39 is 6.10 Å². The summed E-state index contributed by atoms with van der Waals surface area (Å²) in [6, 6.07) is 26.9. The molecule has 0 bridgehead atoms. The second-order valence-electron chi connectivity index (χ2n) is 7.36. The Balaban J connectivity index is 1.47. The molecule has 1 aliphatic heterocycles. The molecule has 0 saturated heterocycles. The molecule has 2 N–H and O–H groups in total. The molecule has 0 aliphatic carbocycles. The topological polar surface area (TPSA) is 74.2 Å². The average Bonchev–Trinajstić information content (AvgIpc) is 3.29. The van der Waals surface area contributed by atoms with E-state index in [-0.39, 0.29) is 18.5 Å². The molecule has 31 heavy (non-hydrogen) atoms. The predicted molar refractivity (Wildman–Crippen MR) is 121 cm³/mol. The van der Waals surface area contributed by atoms with Crippen molar-refractivity contribution < 1.29 is 14.6 Å². The van der Waals surface area contributed by atoms with E-state index in [9.17, 15) is 9.90 Å². The van der Waals surface area contributed by atoms with Gasteiger partial charge in [0.25, 0.3) is 5.91 Å². The summed E-state index contributed by atoms with van der Waals surface area (Å²) >= 11 is 0. The van der Waals surface area contributed by atoms with Gasteiger partial charge in [-0.25, -0.2) is 0 Å². The molecule has 3 aromatic carbocycles. The van der Waals surface area contributed by atoms with Crippen molar-refractivity contribution in [1.29, 1.82) is 0 Å². The molecule has 0 aromatic heterocycles. The van der Waals surface area contributed by atoms with E-state index in [4.69, 9.17) is 4.74 Å². The Bertz CT molecular complexity index is 1040. The van der Waals surface area contributed by atoms with Crippen LogP contribution in [0, 0.1) is 0 Å². The largest absolute Gasteiger partial charge is 0.497 e. The minimum Gasteiger partial charge on any atom is -0.497 e. The van der Waals surface area contributed by atoms with E-state index in [1.165, 1.54) is 0 Å². The number of rotatable bonds is 7. The van der Waals surface area contributed by atoms with Crippen LogP contribution < -0.4 is 15.1 Å². The predicted octanol–water partition coefficient (Wildman–Crippen LogP) is 3.85. The van der Waals surface area contributed by atoms with E-state index in [2.05, 4.69) is 10.4 Å². The van der Waals surface area contributed by atoms with Crippen molar-refractivity contribution in [1.82, 2.24) is 5.32 Å². The van der Waals surface area contributed by atoms with Gasteiger partial charge in [0.1, 0.15) is 11.5 Å². The lowest BCUT2D eigenvalue weighted by atomic mass is 10.0. The van der Waals surface area contributed by atoms with Crippen molar-refractivity contribution in [3.8, 4) is 5.75 Å². The van der Waals surface area contributed by atoms with Crippen LogP contribution in [0.1, 0.15) is 29.7 Å². The Labute approximate surface area is 181 Å². The van der Waals surface area contributed by atoms with Crippen LogP contribution in [0.5, 0.6) is 5.75 Å². The maximum atomic E-state index is 12.8. The number of aliphatic hydroxyl groups excluding tert-OH is 1. The Morgan fingerprint density at radius 3 is 2.35 bits per heavy atom. The second kappa shape index (κ2) is 9.45. The van der Waals surface area contributed by atoms with Gasteiger partial charge in [-0.3, -0.25) is 9.80 Å². The smallest absolute Gasteiger partial charge is 0.267 e. The number of anilines is 1. The van der Waals surface area contributed by atoms with Gasteiger partial charge in [0.05, 0.1) is 24.9 Å². The monoisotopic (exact) mass is 415 g/mol. The van der Waals surface area contributed by atoms with Gasteiger partial charge in [-0.1, -0.05) is 60.7 Å². The molecule has 0 fully saturated rings. The van der Waals surface area contributed by atoms with Gasteiger partial charge in [-0.15, -0.1) is 0 Å². The van der Waals surface area contributed by atoms with Crippen LogP contribution >= 0.6 is 0 Å². The number of amides is 1. The van der Waals surface area contributed by atoms with Gasteiger partial charge in [0.2, 0.25) is 0 Å². The van der Waals surface area contributed by atoms with Crippen LogP contribution in [-0.2, 0) is 4.79 Å². The summed E-state index contributed by atoms with van der Waals surface area (Å²) in [7, 11) is 1.59. The minimum absolute atomic E-state index is 0.0594. The molecule has 158 valence electrons. The number of carbonyl (C=O) groups is 1. The molecule has 0 saturated carbocycles. The lowest BCUT2D eigenvalue weighted by molar-refractivity contribution is -0.115. The quantitative estimate of drug-likeness (QED) is 0.615. The fourth-order valence-corrected chi connectivity index (χ4v) is 3.64. The first-order valence-corrected chi connectivity index (χ1v) is 10.2. The van der Waals surface area contributed by atoms with E-state index in [1.807, 2.05) is 65.7 Å². The number of para-hydroxylation sites is 1. The summed E-state index contributed by atoms with van der Waals surface area (Å²) in [6.45, 7) is 0.103. The maximum absolute atomic E-state index is 12.8. The van der Waals surface area contributed by atoms with Gasteiger partial charge >= 0.3 is 0 Å². The second-order valence-corrected chi connectivity index (χ2v) is 7.36. The molecule has 3 aromatic rings. The van der Waals surface area contributed by atoms with Crippen molar-refractivity contribution in [3.63, 3.8) is 0 Å². The lowest BCUT2D eigenvalue weighted by Gasteiger charge is -2.23. The highest BCUT2D eigenvalue weighted by Crippen LogP contribution is 2.35. The van der Waals surface area contributed by atoms with Crippen LogP contribution in [-0.4, -0.2) is 30.4 Å². The van der Waals surface area contributed by atoms with E-state index in [0.717, 1.165) is 11.3 Å². The summed E-state index contributed by atoms with van der Waals surface area (Å²) in [5.41, 5.74) is 3.18. The molecule has 2 unspecified atom stereocenters. The number of ether oxygens (including phenoxy) is 1. The molecule has 2 atom stereocenters. The zero-order valence-electron chi connectivity index (χ0n) is 17.3.